The quantitative estimate of drug-likeness (QED) is 0.0152. The van der Waals surface area contributed by atoms with Crippen LogP contribution in [0.2, 0.25) is 0 Å². The molecule has 0 saturated carbocycles. The van der Waals surface area contributed by atoms with Gasteiger partial charge in [0.25, 0.3) is 0 Å². The molecule has 0 aliphatic carbocycles. The first kappa shape index (κ1) is 64.7. The molecular weight excluding hydrogens is 987 g/mol. The first-order valence-electron chi connectivity index (χ1n) is 28.5. The molecule has 4 aromatic rings. The molecule has 0 amide bonds. The van der Waals surface area contributed by atoms with Crippen molar-refractivity contribution in [2.24, 2.45) is 9.98 Å². The van der Waals surface area contributed by atoms with E-state index in [1.54, 1.807) is 12.1 Å². The SMILES string of the molecule is CCCCCCCCCCCCCCCCC(C=Nc1ccc(CCCC)c(CCCC)c1)=Nc1ccc(CCCC)c(CCCC)c1.CCc1cc(O)c2c(O)cc(CC(O)C(O)C(O)CO)cc2c1.[Pd]. The van der Waals surface area contributed by atoms with Crippen molar-refractivity contribution in [1.29, 1.82) is 0 Å². The summed E-state index contributed by atoms with van der Waals surface area (Å²) in [4.78, 5) is 10.3. The number of rotatable bonds is 36. The Balaban J connectivity index is 0.000000616. The van der Waals surface area contributed by atoms with Crippen molar-refractivity contribution < 1.29 is 51.1 Å². The number of unbranched alkanes of at least 4 members (excludes halogenated alkanes) is 17. The van der Waals surface area contributed by atoms with Gasteiger partial charge in [-0.05, 0) is 146 Å². The van der Waals surface area contributed by atoms with Crippen molar-refractivity contribution in [2.45, 2.75) is 246 Å². The average Bonchev–Trinajstić information content (AvgIpc) is 3.37. The number of hydrogen-bond donors (Lipinski definition) is 6. The number of aliphatic hydroxyl groups excluding tert-OH is 4. The maximum absolute atomic E-state index is 10.1. The van der Waals surface area contributed by atoms with Crippen molar-refractivity contribution in [2.75, 3.05) is 6.61 Å². The second kappa shape index (κ2) is 39.1. The normalized spacial score (nSPS) is 13.0. The Morgan fingerprint density at radius 2 is 0.917 bits per heavy atom. The van der Waals surface area contributed by atoms with Crippen LogP contribution in [0.1, 0.15) is 223 Å². The van der Waals surface area contributed by atoms with Gasteiger partial charge in [0.05, 0.1) is 35.2 Å². The molecule has 72 heavy (non-hydrogen) atoms. The predicted octanol–water partition coefficient (Wildman–Crippen LogP) is 15.8. The Bertz CT molecular complexity index is 2120. The number of benzene rings is 4. The molecule has 0 fully saturated rings. The van der Waals surface area contributed by atoms with Crippen molar-refractivity contribution in [1.82, 2.24) is 0 Å². The molecule has 0 spiro atoms. The fourth-order valence-electron chi connectivity index (χ4n) is 9.40. The number of fused-ring (bicyclic) bond motifs is 1. The molecule has 0 bridgehead atoms. The summed E-state index contributed by atoms with van der Waals surface area (Å²) in [5.41, 5.74) is 10.8. The number of phenolic OH excluding ortho intramolecular Hbond substituents is 2. The zero-order chi connectivity index (χ0) is 51.6. The summed E-state index contributed by atoms with van der Waals surface area (Å²) >= 11 is 0. The van der Waals surface area contributed by atoms with Crippen LogP contribution in [-0.4, -0.2) is 67.5 Å². The van der Waals surface area contributed by atoms with Crippen molar-refractivity contribution in [3.8, 4) is 11.5 Å². The largest absolute Gasteiger partial charge is 0.507 e. The predicted molar refractivity (Wildman–Crippen MR) is 303 cm³/mol. The second-order valence-electron chi connectivity index (χ2n) is 20.2. The summed E-state index contributed by atoms with van der Waals surface area (Å²) in [6.07, 6.45) is 33.6. The van der Waals surface area contributed by atoms with E-state index in [1.165, 1.54) is 182 Å². The molecule has 8 nitrogen and oxygen atoms in total. The molecule has 0 heterocycles. The third-order valence-electron chi connectivity index (χ3n) is 14.0. The van der Waals surface area contributed by atoms with E-state index < -0.39 is 24.9 Å². The zero-order valence-electron chi connectivity index (χ0n) is 45.7. The van der Waals surface area contributed by atoms with E-state index in [1.807, 2.05) is 13.0 Å². The maximum Gasteiger partial charge on any atom is 0.127 e. The maximum atomic E-state index is 10.1. The number of aromatic hydroxyl groups is 2. The van der Waals surface area contributed by atoms with Gasteiger partial charge in [0.15, 0.2) is 0 Å². The van der Waals surface area contributed by atoms with Crippen LogP contribution in [0.25, 0.3) is 10.8 Å². The standard InChI is InChI=1S/C46H76N2.C17H22O6.Pd/c1-6-11-16-17-18-19-20-21-22-23-24-25-26-27-32-46(48-45-36-34-41(29-13-8-3)43(38-45)31-15-10-5)39-47-44-35-33-40(28-12-7-2)42(37-44)30-14-9-4;1-2-9-3-11-4-10(6-13(20)16(11)12(19)5-9)7-14(21)17(23)15(22)8-18;/h33-39H,6-32H2,1-5H3;3-6,14-15,17-23H,2,7-8H2,1H3;. The third-order valence-corrected chi connectivity index (χ3v) is 14.0. The molecule has 3 unspecified atom stereocenters. The first-order chi connectivity index (χ1) is 34.5. The number of aryl methyl sites for hydroxylation is 5. The van der Waals surface area contributed by atoms with E-state index in [2.05, 4.69) is 77.2 Å². The molecule has 406 valence electrons. The van der Waals surface area contributed by atoms with Gasteiger partial charge in [-0.3, -0.25) is 9.98 Å². The van der Waals surface area contributed by atoms with Crippen LogP contribution in [0, 0.1) is 0 Å². The zero-order valence-corrected chi connectivity index (χ0v) is 47.2. The Hall–Kier alpha value is -3.42. The summed E-state index contributed by atoms with van der Waals surface area (Å²) in [6, 6.07) is 20.4. The van der Waals surface area contributed by atoms with Gasteiger partial charge in [0.1, 0.15) is 23.7 Å². The number of hydrogen-bond acceptors (Lipinski definition) is 8. The van der Waals surface area contributed by atoms with Crippen LogP contribution in [0.4, 0.5) is 11.4 Å². The molecule has 0 saturated heterocycles. The Labute approximate surface area is 451 Å². The van der Waals surface area contributed by atoms with E-state index in [9.17, 15) is 25.5 Å². The number of phenols is 2. The van der Waals surface area contributed by atoms with E-state index in [4.69, 9.17) is 15.1 Å². The fourth-order valence-corrected chi connectivity index (χ4v) is 9.40. The third kappa shape index (κ3) is 24.7. The topological polar surface area (TPSA) is 146 Å². The van der Waals surface area contributed by atoms with Gasteiger partial charge < -0.3 is 30.6 Å². The fraction of sp³-hybridized carbons (Fsp3) is 0.619. The van der Waals surface area contributed by atoms with Gasteiger partial charge in [-0.2, -0.15) is 0 Å². The van der Waals surface area contributed by atoms with Gasteiger partial charge in [-0.1, -0.05) is 175 Å². The van der Waals surface area contributed by atoms with E-state index >= 15 is 0 Å². The second-order valence-corrected chi connectivity index (χ2v) is 20.2. The van der Waals surface area contributed by atoms with Gasteiger partial charge in [-0.15, -0.1) is 0 Å². The summed E-state index contributed by atoms with van der Waals surface area (Å²) in [6.45, 7) is 12.8. The summed E-state index contributed by atoms with van der Waals surface area (Å²) in [5.74, 6) is -0.137. The minimum Gasteiger partial charge on any atom is -0.507 e. The Morgan fingerprint density at radius 3 is 1.40 bits per heavy atom. The molecule has 9 heteroatoms. The number of nitrogens with zero attached hydrogens (tertiary/aromatic N) is 2. The molecule has 0 aliphatic rings. The molecule has 4 rings (SSSR count). The van der Waals surface area contributed by atoms with Crippen LogP contribution in [0.3, 0.4) is 0 Å². The van der Waals surface area contributed by atoms with Crippen LogP contribution in [0.15, 0.2) is 70.6 Å². The molecule has 0 aromatic heterocycles. The van der Waals surface area contributed by atoms with Gasteiger partial charge >= 0.3 is 0 Å². The summed E-state index contributed by atoms with van der Waals surface area (Å²) < 4.78 is 0. The number of aliphatic imine (C=N–C) groups is 2. The van der Waals surface area contributed by atoms with Gasteiger partial charge in [-0.25, -0.2) is 0 Å². The van der Waals surface area contributed by atoms with E-state index in [0.717, 1.165) is 48.3 Å². The van der Waals surface area contributed by atoms with Gasteiger partial charge in [0, 0.05) is 33.1 Å². The summed E-state index contributed by atoms with van der Waals surface area (Å²) in [5, 5.41) is 58.9. The van der Waals surface area contributed by atoms with Crippen LogP contribution in [0.5, 0.6) is 11.5 Å². The van der Waals surface area contributed by atoms with Crippen LogP contribution >= 0.6 is 0 Å². The molecule has 6 N–H and O–H groups in total. The van der Waals surface area contributed by atoms with Crippen molar-refractivity contribution in [3.63, 3.8) is 0 Å². The molecular formula is C63H98N2O6Pd. The average molecular weight is 1090 g/mol. The minimum absolute atomic E-state index is 0. The molecule has 0 radical (unpaired) electrons. The molecule has 4 aromatic carbocycles. The number of aliphatic hydroxyl groups is 4. The minimum atomic E-state index is -1.49. The van der Waals surface area contributed by atoms with Crippen molar-refractivity contribution in [3.05, 3.63) is 94.0 Å². The van der Waals surface area contributed by atoms with Gasteiger partial charge in [0.2, 0.25) is 0 Å². The molecule has 3 atom stereocenters. The van der Waals surface area contributed by atoms with E-state index in [-0.39, 0.29) is 38.3 Å². The Kier molecular flexibility index (Phi) is 35.1. The van der Waals surface area contributed by atoms with Crippen molar-refractivity contribution >= 4 is 34.1 Å². The van der Waals surface area contributed by atoms with E-state index in [0.29, 0.717) is 16.3 Å². The first-order valence-corrected chi connectivity index (χ1v) is 28.5. The molecule has 0 aliphatic heterocycles. The Morgan fingerprint density at radius 1 is 0.486 bits per heavy atom. The monoisotopic (exact) mass is 1080 g/mol. The summed E-state index contributed by atoms with van der Waals surface area (Å²) in [7, 11) is 0. The smallest absolute Gasteiger partial charge is 0.127 e. The van der Waals surface area contributed by atoms with Crippen LogP contribution < -0.4 is 0 Å². The van der Waals surface area contributed by atoms with Crippen LogP contribution in [-0.2, 0) is 58.9 Å².